The van der Waals surface area contributed by atoms with Crippen LogP contribution < -0.4 is 15.9 Å². The highest BCUT2D eigenvalue weighted by Gasteiger charge is 2.33. The number of allylic oxidation sites excluding steroid dienone is 3. The van der Waals surface area contributed by atoms with Gasteiger partial charge in [-0.3, -0.25) is 9.59 Å². The second-order valence-corrected chi connectivity index (χ2v) is 10.9. The van der Waals surface area contributed by atoms with E-state index in [1.54, 1.807) is 19.2 Å². The van der Waals surface area contributed by atoms with Crippen LogP contribution in [0.25, 0.3) is 16.7 Å². The average molecular weight is 550 g/mol. The number of aryl methyl sites for hydroxylation is 1. The lowest BCUT2D eigenvalue weighted by Crippen LogP contribution is -2.50. The van der Waals surface area contributed by atoms with E-state index in [-0.39, 0.29) is 23.5 Å². The average Bonchev–Trinajstić information content (AvgIpc) is 3.32. The maximum atomic E-state index is 13.2. The number of benzene rings is 3. The standard InChI is InChI=1S/C34H32FN3O3/c1-21-3-14-29-32(31(21)33(39)36-15-16-41-2)28-13-4-22(18-30(28)37-29)17-23-19-38(20-23)34(40)26-7-5-24(6-8-26)25-9-11-27(35)12-10-25/h3-14,18,22-23H,15-17,19-20H2,1-2H3,(H,36,39). The first-order valence-corrected chi connectivity index (χ1v) is 14.0. The fourth-order valence-corrected chi connectivity index (χ4v) is 5.85. The zero-order chi connectivity index (χ0) is 28.5. The normalized spacial score (nSPS) is 17.3. The minimum absolute atomic E-state index is 0.0352. The monoisotopic (exact) mass is 549 g/mol. The molecule has 1 N–H and O–H groups in total. The van der Waals surface area contributed by atoms with E-state index in [2.05, 4.69) is 23.5 Å². The van der Waals surface area contributed by atoms with E-state index in [1.807, 2.05) is 48.2 Å². The Labute approximate surface area is 238 Å². The van der Waals surface area contributed by atoms with Gasteiger partial charge in [0.15, 0.2) is 0 Å². The summed E-state index contributed by atoms with van der Waals surface area (Å²) in [4.78, 5) is 32.8. The molecular weight excluding hydrogens is 517 g/mol. The van der Waals surface area contributed by atoms with Crippen LogP contribution >= 0.6 is 0 Å². The molecule has 3 aromatic carbocycles. The van der Waals surface area contributed by atoms with E-state index in [1.165, 1.54) is 12.1 Å². The van der Waals surface area contributed by atoms with Crippen molar-refractivity contribution in [3.8, 4) is 11.1 Å². The van der Waals surface area contributed by atoms with Crippen LogP contribution in [-0.2, 0) is 4.74 Å². The predicted molar refractivity (Wildman–Crippen MR) is 156 cm³/mol. The number of methoxy groups -OCH3 is 1. The number of nitrogens with zero attached hydrogens (tertiary/aromatic N) is 2. The molecule has 0 aromatic heterocycles. The lowest BCUT2D eigenvalue weighted by molar-refractivity contribution is 0.0473. The summed E-state index contributed by atoms with van der Waals surface area (Å²) in [5.41, 5.74) is 6.02. The van der Waals surface area contributed by atoms with Crippen molar-refractivity contribution in [3.05, 3.63) is 118 Å². The van der Waals surface area contributed by atoms with Crippen molar-refractivity contribution < 1.29 is 18.7 Å². The highest BCUT2D eigenvalue weighted by Crippen LogP contribution is 2.32. The summed E-state index contributed by atoms with van der Waals surface area (Å²) < 4.78 is 18.3. The van der Waals surface area contributed by atoms with Crippen LogP contribution in [-0.4, -0.2) is 50.1 Å². The number of halogens is 1. The van der Waals surface area contributed by atoms with Gasteiger partial charge in [-0.15, -0.1) is 0 Å². The van der Waals surface area contributed by atoms with Gasteiger partial charge in [0.25, 0.3) is 11.8 Å². The van der Waals surface area contributed by atoms with E-state index < -0.39 is 0 Å². The number of amides is 2. The van der Waals surface area contributed by atoms with Crippen molar-refractivity contribution in [3.63, 3.8) is 0 Å². The number of hydrogen-bond donors (Lipinski definition) is 1. The van der Waals surface area contributed by atoms with E-state index in [0.717, 1.165) is 58.0 Å². The van der Waals surface area contributed by atoms with Gasteiger partial charge in [-0.1, -0.05) is 48.6 Å². The minimum atomic E-state index is -0.267. The smallest absolute Gasteiger partial charge is 0.253 e. The van der Waals surface area contributed by atoms with Gasteiger partial charge in [-0.05, 0) is 72.2 Å². The Morgan fingerprint density at radius 1 is 1.02 bits per heavy atom. The first kappa shape index (κ1) is 26.8. The molecule has 6 nitrogen and oxygen atoms in total. The third-order valence-electron chi connectivity index (χ3n) is 8.04. The molecule has 1 saturated heterocycles. The van der Waals surface area contributed by atoms with Gasteiger partial charge in [0, 0.05) is 43.1 Å². The topological polar surface area (TPSA) is 71.0 Å². The maximum absolute atomic E-state index is 13.2. The molecule has 1 atom stereocenters. The van der Waals surface area contributed by atoms with Crippen LogP contribution in [0.4, 0.5) is 4.39 Å². The summed E-state index contributed by atoms with van der Waals surface area (Å²) in [6, 6.07) is 17.8. The molecule has 41 heavy (non-hydrogen) atoms. The largest absolute Gasteiger partial charge is 0.383 e. The molecule has 2 aliphatic heterocycles. The molecule has 0 saturated carbocycles. The van der Waals surface area contributed by atoms with Crippen molar-refractivity contribution in [2.75, 3.05) is 33.4 Å². The van der Waals surface area contributed by atoms with Gasteiger partial charge in [-0.2, -0.15) is 0 Å². The summed E-state index contributed by atoms with van der Waals surface area (Å²) in [5, 5.41) is 4.66. The summed E-state index contributed by atoms with van der Waals surface area (Å²) in [5.74, 6) is 0.299. The predicted octanol–water partition coefficient (Wildman–Crippen LogP) is 4.19. The third kappa shape index (κ3) is 5.37. The van der Waals surface area contributed by atoms with Crippen LogP contribution in [0.15, 0.2) is 89.6 Å². The SMILES string of the molecule is COCCNC(=O)c1c(C)ccc2c1=C1C=CC(CC3CN(C(=O)c4ccc(-c5ccc(F)cc5)cc4)C3)C=C1N=2. The van der Waals surface area contributed by atoms with Crippen molar-refractivity contribution in [2.45, 2.75) is 13.3 Å². The number of rotatable bonds is 8. The fourth-order valence-electron chi connectivity index (χ4n) is 5.85. The zero-order valence-electron chi connectivity index (χ0n) is 23.2. The summed E-state index contributed by atoms with van der Waals surface area (Å²) in [6.07, 6.45) is 7.42. The number of nitrogens with one attached hydrogen (secondary N) is 1. The second-order valence-electron chi connectivity index (χ2n) is 10.9. The number of carbonyl (C=O) groups is 2. The van der Waals surface area contributed by atoms with E-state index >= 15 is 0 Å². The molecular formula is C34H32FN3O3. The molecule has 208 valence electrons. The molecule has 1 fully saturated rings. The van der Waals surface area contributed by atoms with Gasteiger partial charge < -0.3 is 15.0 Å². The van der Waals surface area contributed by atoms with Crippen molar-refractivity contribution in [2.24, 2.45) is 16.8 Å². The summed E-state index contributed by atoms with van der Waals surface area (Å²) in [7, 11) is 1.61. The Balaban J connectivity index is 1.09. The van der Waals surface area contributed by atoms with Crippen LogP contribution in [0.3, 0.4) is 0 Å². The molecule has 3 aromatic rings. The number of likely N-dealkylation sites (tertiary alicyclic amines) is 1. The summed E-state index contributed by atoms with van der Waals surface area (Å²) in [6.45, 7) is 4.32. The Morgan fingerprint density at radius 2 is 1.73 bits per heavy atom. The third-order valence-corrected chi connectivity index (χ3v) is 8.04. The molecule has 1 aliphatic carbocycles. The molecule has 7 heteroatoms. The Kier molecular flexibility index (Phi) is 7.37. The van der Waals surface area contributed by atoms with Gasteiger partial charge in [-0.25, -0.2) is 9.38 Å². The van der Waals surface area contributed by atoms with Crippen LogP contribution in [0, 0.1) is 24.6 Å². The van der Waals surface area contributed by atoms with Gasteiger partial charge in [0.2, 0.25) is 0 Å². The highest BCUT2D eigenvalue weighted by atomic mass is 19.1. The molecule has 3 aliphatic rings. The van der Waals surface area contributed by atoms with E-state index in [9.17, 15) is 14.0 Å². The second kappa shape index (κ2) is 11.3. The molecule has 0 bridgehead atoms. The van der Waals surface area contributed by atoms with E-state index in [0.29, 0.717) is 30.2 Å². The van der Waals surface area contributed by atoms with E-state index in [4.69, 9.17) is 9.73 Å². The minimum Gasteiger partial charge on any atom is -0.383 e. The van der Waals surface area contributed by atoms with Crippen LogP contribution in [0.1, 0.15) is 32.7 Å². The number of ether oxygens (including phenoxy) is 1. The first-order valence-electron chi connectivity index (χ1n) is 14.0. The molecule has 1 unspecified atom stereocenters. The van der Waals surface area contributed by atoms with Gasteiger partial charge >= 0.3 is 0 Å². The molecule has 2 heterocycles. The van der Waals surface area contributed by atoms with Crippen molar-refractivity contribution >= 4 is 17.4 Å². The Bertz CT molecular complexity index is 1680. The number of carbonyl (C=O) groups excluding carboxylic acids is 2. The lowest BCUT2D eigenvalue weighted by atomic mass is 9.84. The molecule has 2 amide bonds. The number of hydrogen-bond acceptors (Lipinski definition) is 4. The molecule has 0 spiro atoms. The number of fused-ring (bicyclic) bond motifs is 2. The Morgan fingerprint density at radius 3 is 2.44 bits per heavy atom. The van der Waals surface area contributed by atoms with Crippen LogP contribution in [0.5, 0.6) is 0 Å². The Hall–Kier alpha value is -4.36. The molecule has 0 radical (unpaired) electrons. The van der Waals surface area contributed by atoms with Crippen molar-refractivity contribution in [1.29, 1.82) is 0 Å². The zero-order valence-corrected chi connectivity index (χ0v) is 23.2. The molecule has 6 rings (SSSR count). The van der Waals surface area contributed by atoms with Gasteiger partial charge in [0.05, 0.1) is 23.2 Å². The highest BCUT2D eigenvalue weighted by molar-refractivity contribution is 5.98. The van der Waals surface area contributed by atoms with Crippen molar-refractivity contribution in [1.82, 2.24) is 10.2 Å². The fraction of sp³-hybridized carbons (Fsp3) is 0.265. The summed E-state index contributed by atoms with van der Waals surface area (Å²) >= 11 is 0. The van der Waals surface area contributed by atoms with Gasteiger partial charge in [0.1, 0.15) is 5.82 Å². The lowest BCUT2D eigenvalue weighted by Gasteiger charge is -2.40. The van der Waals surface area contributed by atoms with Crippen LogP contribution in [0.2, 0.25) is 0 Å². The maximum Gasteiger partial charge on any atom is 0.253 e. The quantitative estimate of drug-likeness (QED) is 0.429. The first-order chi connectivity index (χ1) is 19.9.